The largest absolute Gasteiger partial charge is 0.260 e. The Kier molecular flexibility index (Phi) is 3.62. The summed E-state index contributed by atoms with van der Waals surface area (Å²) in [6, 6.07) is 9.22. The average molecular weight is 251 g/mol. The number of anilines is 1. The maximum absolute atomic E-state index is 12.6. The van der Waals surface area contributed by atoms with Crippen molar-refractivity contribution >= 4 is 23.6 Å². The molecule has 0 unspecified atom stereocenters. The summed E-state index contributed by atoms with van der Waals surface area (Å²) in [6.45, 7) is 0. The summed E-state index contributed by atoms with van der Waals surface area (Å²) >= 11 is 5.58. The minimum absolute atomic E-state index is 0.279. The molecule has 1 N–H and O–H groups in total. The lowest BCUT2D eigenvalue weighted by atomic mass is 10.2. The molecule has 2 aromatic rings. The quantitative estimate of drug-likeness (QED) is 0.673. The molecule has 0 atom stereocenters. The Labute approximate surface area is 102 Å². The smallest absolute Gasteiger partial charge is 0.168 e. The lowest BCUT2D eigenvalue weighted by Crippen LogP contribution is -1.94. The molecular weight excluding hydrogens is 243 g/mol. The van der Waals surface area contributed by atoms with Gasteiger partial charge in [-0.1, -0.05) is 23.7 Å². The molecule has 1 aromatic heterocycles. The van der Waals surface area contributed by atoms with E-state index in [1.54, 1.807) is 30.5 Å². The van der Waals surface area contributed by atoms with Gasteiger partial charge in [0.05, 0.1) is 6.21 Å². The Bertz CT molecular complexity index is 510. The molecule has 86 valence electrons. The topological polar surface area (TPSA) is 50.2 Å². The average Bonchev–Trinajstić information content (AvgIpc) is 2.34. The van der Waals surface area contributed by atoms with Gasteiger partial charge in [0.25, 0.3) is 0 Å². The van der Waals surface area contributed by atoms with Gasteiger partial charge in [-0.3, -0.25) is 5.43 Å². The lowest BCUT2D eigenvalue weighted by Gasteiger charge is -1.97. The summed E-state index contributed by atoms with van der Waals surface area (Å²) in [5.74, 6) is 0.200. The molecule has 0 amide bonds. The van der Waals surface area contributed by atoms with Gasteiger partial charge in [0.2, 0.25) is 0 Å². The Morgan fingerprint density at radius 2 is 1.88 bits per heavy atom. The van der Waals surface area contributed by atoms with Crippen LogP contribution in [0.2, 0.25) is 5.15 Å². The van der Waals surface area contributed by atoms with Crippen molar-refractivity contribution in [3.8, 4) is 0 Å². The first-order chi connectivity index (χ1) is 8.24. The first-order valence-electron chi connectivity index (χ1n) is 4.78. The Balaban J connectivity index is 1.97. The molecule has 1 aromatic carbocycles. The molecule has 6 heteroatoms. The Hall–Kier alpha value is -2.01. The predicted molar refractivity (Wildman–Crippen MR) is 64.7 cm³/mol. The standard InChI is InChI=1S/C11H8ClFN4/c12-10-5-6-11(17-15-10)16-14-7-8-1-3-9(13)4-2-8/h1-7H,(H,16,17)/b14-7-. The van der Waals surface area contributed by atoms with Crippen LogP contribution in [0.4, 0.5) is 10.2 Å². The fraction of sp³-hybridized carbons (Fsp3) is 0. The Morgan fingerprint density at radius 1 is 1.12 bits per heavy atom. The molecule has 2 rings (SSSR count). The van der Waals surface area contributed by atoms with Crippen molar-refractivity contribution in [2.45, 2.75) is 0 Å². The van der Waals surface area contributed by atoms with Crippen LogP contribution in [0.15, 0.2) is 41.5 Å². The normalized spacial score (nSPS) is 10.7. The van der Waals surface area contributed by atoms with Gasteiger partial charge in [0, 0.05) is 0 Å². The monoisotopic (exact) mass is 250 g/mol. The van der Waals surface area contributed by atoms with E-state index >= 15 is 0 Å². The summed E-state index contributed by atoms with van der Waals surface area (Å²) in [5.41, 5.74) is 3.46. The van der Waals surface area contributed by atoms with E-state index in [9.17, 15) is 4.39 Å². The minimum Gasteiger partial charge on any atom is -0.260 e. The van der Waals surface area contributed by atoms with Crippen LogP contribution in [0.1, 0.15) is 5.56 Å². The van der Waals surface area contributed by atoms with Gasteiger partial charge in [0.1, 0.15) is 5.82 Å². The van der Waals surface area contributed by atoms with Gasteiger partial charge in [-0.2, -0.15) is 5.10 Å². The fourth-order valence-electron chi connectivity index (χ4n) is 1.10. The van der Waals surface area contributed by atoms with Gasteiger partial charge in [0.15, 0.2) is 11.0 Å². The van der Waals surface area contributed by atoms with E-state index < -0.39 is 0 Å². The van der Waals surface area contributed by atoms with E-state index in [1.165, 1.54) is 12.1 Å². The lowest BCUT2D eigenvalue weighted by molar-refractivity contribution is 0.628. The number of hydrogen-bond donors (Lipinski definition) is 1. The fourth-order valence-corrected chi connectivity index (χ4v) is 1.20. The summed E-state index contributed by atoms with van der Waals surface area (Å²) in [4.78, 5) is 0. The second kappa shape index (κ2) is 5.36. The molecule has 17 heavy (non-hydrogen) atoms. The molecule has 1 heterocycles. The maximum Gasteiger partial charge on any atom is 0.168 e. The highest BCUT2D eigenvalue weighted by Gasteiger charge is 1.93. The van der Waals surface area contributed by atoms with E-state index in [1.807, 2.05) is 0 Å². The van der Waals surface area contributed by atoms with Gasteiger partial charge in [-0.25, -0.2) is 4.39 Å². The van der Waals surface area contributed by atoms with Gasteiger partial charge >= 0.3 is 0 Å². The van der Waals surface area contributed by atoms with Crippen LogP contribution >= 0.6 is 11.6 Å². The highest BCUT2D eigenvalue weighted by Crippen LogP contribution is 2.06. The Morgan fingerprint density at radius 3 is 2.53 bits per heavy atom. The van der Waals surface area contributed by atoms with Crippen molar-refractivity contribution in [3.05, 3.63) is 52.9 Å². The number of hydrogen-bond acceptors (Lipinski definition) is 4. The van der Waals surface area contributed by atoms with Crippen LogP contribution < -0.4 is 5.43 Å². The van der Waals surface area contributed by atoms with Crippen molar-refractivity contribution in [2.75, 3.05) is 5.43 Å². The molecule has 0 saturated carbocycles. The van der Waals surface area contributed by atoms with Crippen molar-refractivity contribution < 1.29 is 4.39 Å². The van der Waals surface area contributed by atoms with Crippen LogP contribution in [0.25, 0.3) is 0 Å². The van der Waals surface area contributed by atoms with E-state index in [2.05, 4.69) is 20.7 Å². The van der Waals surface area contributed by atoms with Gasteiger partial charge < -0.3 is 0 Å². The predicted octanol–water partition coefficient (Wildman–Crippen LogP) is 2.72. The van der Waals surface area contributed by atoms with Crippen LogP contribution in [0.5, 0.6) is 0 Å². The van der Waals surface area contributed by atoms with Gasteiger partial charge in [-0.15, -0.1) is 10.2 Å². The molecule has 0 aliphatic rings. The number of hydrazone groups is 1. The third kappa shape index (κ3) is 3.49. The second-order valence-corrected chi connectivity index (χ2v) is 3.55. The number of benzene rings is 1. The van der Waals surface area contributed by atoms with Gasteiger partial charge in [-0.05, 0) is 29.8 Å². The highest BCUT2D eigenvalue weighted by atomic mass is 35.5. The number of rotatable bonds is 3. The van der Waals surface area contributed by atoms with E-state index in [0.29, 0.717) is 11.0 Å². The van der Waals surface area contributed by atoms with E-state index in [0.717, 1.165) is 5.56 Å². The molecule has 0 spiro atoms. The zero-order valence-electron chi connectivity index (χ0n) is 8.64. The molecule has 0 bridgehead atoms. The van der Waals surface area contributed by atoms with E-state index in [-0.39, 0.29) is 5.82 Å². The SMILES string of the molecule is Fc1ccc(/C=N\Nc2ccc(Cl)nn2)cc1. The summed E-state index contributed by atoms with van der Waals surface area (Å²) in [6.07, 6.45) is 1.55. The zero-order chi connectivity index (χ0) is 12.1. The van der Waals surface area contributed by atoms with Crippen LogP contribution in [-0.2, 0) is 0 Å². The molecule has 0 aliphatic heterocycles. The number of halogens is 2. The minimum atomic E-state index is -0.279. The van der Waals surface area contributed by atoms with Crippen LogP contribution in [0, 0.1) is 5.82 Å². The van der Waals surface area contributed by atoms with E-state index in [4.69, 9.17) is 11.6 Å². The molecular formula is C11H8ClFN4. The number of nitrogens with zero attached hydrogens (tertiary/aromatic N) is 3. The number of aromatic nitrogens is 2. The molecule has 0 saturated heterocycles. The first kappa shape index (κ1) is 11.5. The summed E-state index contributed by atoms with van der Waals surface area (Å²) in [7, 11) is 0. The maximum atomic E-state index is 12.6. The summed E-state index contributed by atoms with van der Waals surface area (Å²) in [5, 5.41) is 11.6. The second-order valence-electron chi connectivity index (χ2n) is 3.16. The third-order valence-electron chi connectivity index (χ3n) is 1.89. The van der Waals surface area contributed by atoms with Crippen LogP contribution in [0.3, 0.4) is 0 Å². The third-order valence-corrected chi connectivity index (χ3v) is 2.10. The molecule has 0 radical (unpaired) electrons. The highest BCUT2D eigenvalue weighted by molar-refractivity contribution is 6.29. The van der Waals surface area contributed by atoms with Crippen LogP contribution in [-0.4, -0.2) is 16.4 Å². The first-order valence-corrected chi connectivity index (χ1v) is 5.16. The van der Waals surface area contributed by atoms with Crippen molar-refractivity contribution in [1.82, 2.24) is 10.2 Å². The zero-order valence-corrected chi connectivity index (χ0v) is 9.39. The summed E-state index contributed by atoms with van der Waals surface area (Å²) < 4.78 is 12.6. The van der Waals surface area contributed by atoms with Crippen molar-refractivity contribution in [3.63, 3.8) is 0 Å². The molecule has 0 fully saturated rings. The van der Waals surface area contributed by atoms with Crippen molar-refractivity contribution in [1.29, 1.82) is 0 Å². The van der Waals surface area contributed by atoms with Crippen molar-refractivity contribution in [2.24, 2.45) is 5.10 Å². The molecule has 4 nitrogen and oxygen atoms in total. The number of nitrogens with one attached hydrogen (secondary N) is 1. The molecule has 0 aliphatic carbocycles.